The molecule has 0 aliphatic heterocycles. The number of carbonyl (C=O) groups excluding carboxylic acids is 5. The molecule has 4 aromatic heterocycles. The lowest BCUT2D eigenvalue weighted by molar-refractivity contribution is -0.135. The van der Waals surface area contributed by atoms with Gasteiger partial charge in [0.05, 0.1) is 41.8 Å². The Labute approximate surface area is 501 Å². The maximum atomic E-state index is 13.3. The van der Waals surface area contributed by atoms with Gasteiger partial charge in [-0.05, 0) is 166 Å². The molecule has 12 rings (SSSR count). The molecular weight excluding hydrogens is 1110 g/mol. The summed E-state index contributed by atoms with van der Waals surface area (Å²) in [5.41, 5.74) is 4.92. The van der Waals surface area contributed by atoms with E-state index < -0.39 is 22.5 Å². The first-order valence-electron chi connectivity index (χ1n) is 28.5. The van der Waals surface area contributed by atoms with Crippen LogP contribution in [-0.2, 0) is 49.6 Å². The molecule has 0 amide bonds. The third kappa shape index (κ3) is 13.1. The number of fused-ring (bicyclic) bond motifs is 2. The minimum atomic E-state index is -0.957. The average Bonchev–Trinajstić information content (AvgIpc) is 1.95. The molecule has 14 nitrogen and oxygen atoms in total. The number of nitrogens with zero attached hydrogens (tertiary/aromatic N) is 3. The third-order valence-corrected chi connectivity index (χ3v) is 15.8. The van der Waals surface area contributed by atoms with Gasteiger partial charge in [0, 0.05) is 90.2 Å². The molecule has 0 unspecified atom stereocenters. The number of methoxy groups -OCH3 is 2. The Kier molecular flexibility index (Phi) is 16.5. The zero-order valence-corrected chi connectivity index (χ0v) is 48.7. The monoisotopic (exact) mass is 1170 g/mol. The normalized spacial score (nSPS) is 13.6. The topological polar surface area (TPSA) is 178 Å². The van der Waals surface area contributed by atoms with Crippen LogP contribution in [0.25, 0.3) is 44.3 Å². The van der Waals surface area contributed by atoms with Crippen LogP contribution < -0.4 is 18.9 Å². The number of ether oxygens (including phenoxy) is 5. The third-order valence-electron chi connectivity index (χ3n) is 15.8. The van der Waals surface area contributed by atoms with Crippen LogP contribution in [0.1, 0.15) is 68.7 Å². The van der Waals surface area contributed by atoms with E-state index in [0.717, 1.165) is 33.3 Å². The van der Waals surface area contributed by atoms with Crippen LogP contribution in [0.4, 0.5) is 13.6 Å². The lowest BCUT2D eigenvalue weighted by atomic mass is 9.88. The van der Waals surface area contributed by atoms with Crippen LogP contribution in [-0.4, -0.2) is 68.6 Å². The molecule has 2 fully saturated rings. The zero-order chi connectivity index (χ0) is 61.0. The van der Waals surface area contributed by atoms with E-state index in [4.69, 9.17) is 23.7 Å². The maximum absolute atomic E-state index is 13.3. The van der Waals surface area contributed by atoms with E-state index in [1.54, 1.807) is 87.4 Å². The Balaban J connectivity index is 0.000000182. The van der Waals surface area contributed by atoms with Crippen LogP contribution in [0, 0.1) is 22.5 Å². The van der Waals surface area contributed by atoms with E-state index in [9.17, 15) is 32.8 Å². The lowest BCUT2D eigenvalue weighted by Crippen LogP contribution is -2.28. The fraction of sp³-hybridized carbons (Fsp3) is 0.225. The van der Waals surface area contributed by atoms with Crippen molar-refractivity contribution in [1.82, 2.24) is 19.5 Å². The highest BCUT2D eigenvalue weighted by Crippen LogP contribution is 2.50. The van der Waals surface area contributed by atoms with Crippen molar-refractivity contribution in [3.63, 3.8) is 0 Å². The highest BCUT2D eigenvalue weighted by molar-refractivity contribution is 6.12. The molecule has 1 N–H and O–H groups in total. The number of aromatic amines is 1. The van der Waals surface area contributed by atoms with Crippen molar-refractivity contribution in [1.29, 1.82) is 0 Å². The minimum Gasteiger partial charge on any atom is -0.496 e. The van der Waals surface area contributed by atoms with Crippen molar-refractivity contribution in [2.45, 2.75) is 77.7 Å². The van der Waals surface area contributed by atoms with Gasteiger partial charge in [-0.3, -0.25) is 33.7 Å². The number of aromatic nitrogens is 4. The molecule has 0 atom stereocenters. The second-order valence-corrected chi connectivity index (χ2v) is 22.9. The zero-order valence-electron chi connectivity index (χ0n) is 48.7. The summed E-state index contributed by atoms with van der Waals surface area (Å²) in [6, 6.07) is 44.8. The first kappa shape index (κ1) is 58.7. The Morgan fingerprint density at radius 2 is 0.931 bits per heavy atom. The predicted molar refractivity (Wildman–Crippen MR) is 325 cm³/mol. The highest BCUT2D eigenvalue weighted by Gasteiger charge is 2.55. The standard InChI is InChI=1S/C38H35FN2O6.C33H27FN2O4/c1-37(2,3)47-36(44)41-19-5-6-31(41)29-22-28-30(23-33(29)45-4)40-18-15-32(28)46-27-13-9-25(10-14-27)21-35(43)38(16-17-38)34(42)20-24-7-11-26(39)12-8-24;1-39-30-20-28-26(19-25(30)27-3-2-15-35-27)29(12-16-36-28)40-24-10-6-22(7-11-24)18-32(38)33(13-14-33)31(37)17-21-4-8-23(34)9-5-21/h5-15,18-19,22-23H,16-17,20-21H2,1-4H3;2-12,15-16,19-20,35H,13-14,17-18H2,1H3. The number of H-pyrrole nitrogens is 1. The van der Waals surface area contributed by atoms with Crippen LogP contribution >= 0.6 is 0 Å². The summed E-state index contributed by atoms with van der Waals surface area (Å²) in [6.45, 7) is 5.44. The van der Waals surface area contributed by atoms with Gasteiger partial charge in [0.25, 0.3) is 0 Å². The van der Waals surface area contributed by atoms with Gasteiger partial charge in [-0.2, -0.15) is 0 Å². The first-order valence-corrected chi connectivity index (χ1v) is 28.5. The number of ketones is 4. The second-order valence-electron chi connectivity index (χ2n) is 22.9. The smallest absolute Gasteiger partial charge is 0.418 e. The maximum Gasteiger partial charge on any atom is 0.418 e. The molecule has 6 aromatic carbocycles. The average molecular weight is 1170 g/mol. The van der Waals surface area contributed by atoms with Gasteiger partial charge in [0.1, 0.15) is 51.7 Å². The SMILES string of the molecule is COc1cc2nccc(Oc3ccc(CC(=O)C4(C(=O)Cc5ccc(F)cc5)CC4)cc3)c2cc1-c1ccc[nH]1.COc1cc2nccc(Oc3ccc(CC(=O)C4(C(=O)Cc5ccc(F)cc5)CC4)cc3)c2cc1-c1cccn1C(=O)OC(C)(C)C. The van der Waals surface area contributed by atoms with E-state index >= 15 is 0 Å². The van der Waals surface area contributed by atoms with E-state index in [0.29, 0.717) is 93.5 Å². The Hall–Kier alpha value is -10.1. The van der Waals surface area contributed by atoms with Gasteiger partial charge < -0.3 is 28.7 Å². The van der Waals surface area contributed by atoms with Crippen molar-refractivity contribution >= 4 is 51.0 Å². The molecule has 87 heavy (non-hydrogen) atoms. The molecule has 0 saturated heterocycles. The number of benzene rings is 6. The van der Waals surface area contributed by atoms with Crippen LogP contribution in [0.15, 0.2) is 183 Å². The Bertz CT molecular complexity index is 4200. The molecular formula is C71H62F2N4O10. The predicted octanol–water partition coefficient (Wildman–Crippen LogP) is 15.0. The van der Waals surface area contributed by atoms with Gasteiger partial charge in [0.15, 0.2) is 23.1 Å². The number of Topliss-reactive ketones (excluding diaryl/α,β-unsaturated/α-hetero) is 4. The molecule has 0 bridgehead atoms. The number of hydrogen-bond acceptors (Lipinski definition) is 12. The number of pyridine rings is 2. The minimum absolute atomic E-state index is 0.0702. The molecule has 440 valence electrons. The van der Waals surface area contributed by atoms with Gasteiger partial charge in [-0.15, -0.1) is 0 Å². The quantitative estimate of drug-likeness (QED) is 0.0715. The first-order chi connectivity index (χ1) is 41.9. The van der Waals surface area contributed by atoms with Crippen LogP contribution in [0.5, 0.6) is 34.5 Å². The summed E-state index contributed by atoms with van der Waals surface area (Å²) < 4.78 is 57.3. The van der Waals surface area contributed by atoms with Crippen molar-refractivity contribution in [2.24, 2.45) is 10.8 Å². The number of halogens is 2. The molecule has 2 aliphatic carbocycles. The van der Waals surface area contributed by atoms with Gasteiger partial charge in [-0.1, -0.05) is 48.5 Å². The van der Waals surface area contributed by atoms with E-state index in [2.05, 4.69) is 15.0 Å². The molecule has 2 aliphatic rings. The molecule has 4 heterocycles. The van der Waals surface area contributed by atoms with E-state index in [-0.39, 0.29) is 60.5 Å². The molecule has 2 saturated carbocycles. The van der Waals surface area contributed by atoms with Crippen molar-refractivity contribution < 1.29 is 56.4 Å². The van der Waals surface area contributed by atoms with Crippen molar-refractivity contribution in [3.05, 3.63) is 216 Å². The van der Waals surface area contributed by atoms with E-state index in [1.165, 1.54) is 28.8 Å². The lowest BCUT2D eigenvalue weighted by Gasteiger charge is -2.21. The second kappa shape index (κ2) is 24.5. The van der Waals surface area contributed by atoms with Crippen LogP contribution in [0.3, 0.4) is 0 Å². The Morgan fingerprint density at radius 3 is 1.32 bits per heavy atom. The van der Waals surface area contributed by atoms with Gasteiger partial charge >= 0.3 is 6.09 Å². The summed E-state index contributed by atoms with van der Waals surface area (Å²) >= 11 is 0. The Morgan fingerprint density at radius 1 is 0.517 bits per heavy atom. The summed E-state index contributed by atoms with van der Waals surface area (Å²) in [6.07, 6.45) is 9.10. The molecule has 0 spiro atoms. The molecule has 0 radical (unpaired) electrons. The summed E-state index contributed by atoms with van der Waals surface area (Å²) in [5, 5.41) is 1.54. The highest BCUT2D eigenvalue weighted by atomic mass is 19.1. The summed E-state index contributed by atoms with van der Waals surface area (Å²) in [7, 11) is 3.19. The number of carbonyl (C=O) groups is 5. The number of rotatable bonds is 20. The van der Waals surface area contributed by atoms with Crippen molar-refractivity contribution in [3.8, 4) is 57.0 Å². The molecule has 10 aromatic rings. The van der Waals surface area contributed by atoms with Crippen LogP contribution in [0.2, 0.25) is 0 Å². The van der Waals surface area contributed by atoms with Crippen molar-refractivity contribution in [2.75, 3.05) is 14.2 Å². The fourth-order valence-electron chi connectivity index (χ4n) is 10.7. The fourth-order valence-corrected chi connectivity index (χ4v) is 10.7. The number of nitrogens with one attached hydrogen (secondary N) is 1. The van der Waals surface area contributed by atoms with Gasteiger partial charge in [-0.25, -0.2) is 13.6 Å². The number of hydrogen-bond donors (Lipinski definition) is 1. The largest absolute Gasteiger partial charge is 0.496 e. The van der Waals surface area contributed by atoms with E-state index in [1.807, 2.05) is 106 Å². The molecule has 16 heteroatoms. The summed E-state index contributed by atoms with van der Waals surface area (Å²) in [4.78, 5) is 77.6. The van der Waals surface area contributed by atoms with Gasteiger partial charge in [0.2, 0.25) is 0 Å². The summed E-state index contributed by atoms with van der Waals surface area (Å²) in [5.74, 6) is 2.51.